The van der Waals surface area contributed by atoms with Crippen molar-refractivity contribution < 1.29 is 14.9 Å². The van der Waals surface area contributed by atoms with Gasteiger partial charge in [0.2, 0.25) is 0 Å². The summed E-state index contributed by atoms with van der Waals surface area (Å²) in [6.07, 6.45) is 4.92. The molecule has 0 saturated carbocycles. The van der Waals surface area contributed by atoms with Gasteiger partial charge in [-0.05, 0) is 6.42 Å². The van der Waals surface area contributed by atoms with Gasteiger partial charge < -0.3 is 14.9 Å². The lowest BCUT2D eigenvalue weighted by molar-refractivity contribution is 0.0433. The number of unbranched alkanes of at least 4 members (excludes halogenated alkanes) is 4. The topological polar surface area (TPSA) is 49.7 Å². The SMILES string of the molecule is CCCCCCC#CC(O)COCCO. The molecule has 0 heterocycles. The van der Waals surface area contributed by atoms with E-state index in [9.17, 15) is 5.11 Å². The summed E-state index contributed by atoms with van der Waals surface area (Å²) < 4.78 is 4.94. The molecule has 0 aromatic rings. The zero-order chi connectivity index (χ0) is 11.4. The molecular weight excluding hydrogens is 192 g/mol. The average molecular weight is 214 g/mol. The first kappa shape index (κ1) is 14.4. The van der Waals surface area contributed by atoms with Crippen LogP contribution in [0.5, 0.6) is 0 Å². The summed E-state index contributed by atoms with van der Waals surface area (Å²) in [7, 11) is 0. The monoisotopic (exact) mass is 214 g/mol. The van der Waals surface area contributed by atoms with Crippen LogP contribution in [0.4, 0.5) is 0 Å². The molecule has 1 atom stereocenters. The van der Waals surface area contributed by atoms with Crippen LogP contribution in [-0.2, 0) is 4.74 Å². The molecule has 0 rings (SSSR count). The van der Waals surface area contributed by atoms with Gasteiger partial charge in [-0.3, -0.25) is 0 Å². The molecule has 2 N–H and O–H groups in total. The molecule has 1 unspecified atom stereocenters. The average Bonchev–Trinajstić information content (AvgIpc) is 2.23. The third-order valence-corrected chi connectivity index (χ3v) is 1.94. The van der Waals surface area contributed by atoms with Gasteiger partial charge in [0.1, 0.15) is 6.10 Å². The van der Waals surface area contributed by atoms with Gasteiger partial charge in [0.15, 0.2) is 0 Å². The Morgan fingerprint density at radius 3 is 2.73 bits per heavy atom. The first-order valence-electron chi connectivity index (χ1n) is 5.66. The molecule has 88 valence electrons. The molecule has 0 bridgehead atoms. The van der Waals surface area contributed by atoms with Crippen molar-refractivity contribution in [1.29, 1.82) is 0 Å². The lowest BCUT2D eigenvalue weighted by Gasteiger charge is -2.03. The molecule has 0 aliphatic heterocycles. The normalized spacial score (nSPS) is 11.9. The largest absolute Gasteiger partial charge is 0.394 e. The third kappa shape index (κ3) is 11.4. The van der Waals surface area contributed by atoms with Crippen LogP contribution in [-0.4, -0.2) is 36.1 Å². The van der Waals surface area contributed by atoms with Crippen LogP contribution in [0, 0.1) is 11.8 Å². The van der Waals surface area contributed by atoms with Gasteiger partial charge in [-0.25, -0.2) is 0 Å². The van der Waals surface area contributed by atoms with Crippen molar-refractivity contribution in [2.45, 2.75) is 45.1 Å². The van der Waals surface area contributed by atoms with Crippen molar-refractivity contribution in [2.75, 3.05) is 19.8 Å². The van der Waals surface area contributed by atoms with Crippen LogP contribution in [0.2, 0.25) is 0 Å². The second-order valence-corrected chi connectivity index (χ2v) is 3.45. The van der Waals surface area contributed by atoms with Crippen LogP contribution < -0.4 is 0 Å². The lowest BCUT2D eigenvalue weighted by Crippen LogP contribution is -2.14. The fourth-order valence-electron chi connectivity index (χ4n) is 1.13. The number of aliphatic hydroxyl groups is 2. The molecule has 0 radical (unpaired) electrons. The van der Waals surface area contributed by atoms with E-state index in [0.717, 1.165) is 12.8 Å². The Labute approximate surface area is 92.5 Å². The maximum absolute atomic E-state index is 9.30. The molecule has 0 saturated heterocycles. The van der Waals surface area contributed by atoms with Crippen molar-refractivity contribution in [2.24, 2.45) is 0 Å². The predicted molar refractivity (Wildman–Crippen MR) is 60.4 cm³/mol. The molecule has 15 heavy (non-hydrogen) atoms. The molecule has 0 aromatic carbocycles. The van der Waals surface area contributed by atoms with Gasteiger partial charge in [0.25, 0.3) is 0 Å². The minimum absolute atomic E-state index is 0.0167. The Balaban J connectivity index is 3.32. The fraction of sp³-hybridized carbons (Fsp3) is 0.833. The zero-order valence-electron chi connectivity index (χ0n) is 9.54. The summed E-state index contributed by atoms with van der Waals surface area (Å²) in [5.41, 5.74) is 0. The van der Waals surface area contributed by atoms with Gasteiger partial charge in [0, 0.05) is 6.42 Å². The van der Waals surface area contributed by atoms with Gasteiger partial charge in [-0.1, -0.05) is 32.1 Å². The Kier molecular flexibility index (Phi) is 11.1. The Morgan fingerprint density at radius 2 is 2.07 bits per heavy atom. The fourth-order valence-corrected chi connectivity index (χ4v) is 1.13. The Morgan fingerprint density at radius 1 is 1.27 bits per heavy atom. The van der Waals surface area contributed by atoms with Crippen molar-refractivity contribution in [1.82, 2.24) is 0 Å². The molecule has 0 aliphatic carbocycles. The third-order valence-electron chi connectivity index (χ3n) is 1.94. The standard InChI is InChI=1S/C12H22O3/c1-2-3-4-5-6-7-8-12(14)11-15-10-9-13/h12-14H,2-6,9-11H2,1H3. The van der Waals surface area contributed by atoms with Crippen LogP contribution in [0.3, 0.4) is 0 Å². The summed E-state index contributed by atoms with van der Waals surface area (Å²) in [6.45, 7) is 2.60. The van der Waals surface area contributed by atoms with Crippen LogP contribution in [0.15, 0.2) is 0 Å². The van der Waals surface area contributed by atoms with E-state index >= 15 is 0 Å². The van der Waals surface area contributed by atoms with Gasteiger partial charge in [-0.2, -0.15) is 0 Å². The molecule has 0 aromatic heterocycles. The minimum Gasteiger partial charge on any atom is -0.394 e. The molecule has 0 spiro atoms. The van der Waals surface area contributed by atoms with E-state index in [1.54, 1.807) is 0 Å². The summed E-state index contributed by atoms with van der Waals surface area (Å²) >= 11 is 0. The molecule has 0 amide bonds. The van der Waals surface area contributed by atoms with Crippen molar-refractivity contribution in [3.63, 3.8) is 0 Å². The number of rotatable bonds is 8. The predicted octanol–water partition coefficient (Wildman–Crippen LogP) is 1.33. The van der Waals surface area contributed by atoms with Crippen LogP contribution in [0.25, 0.3) is 0 Å². The molecular formula is C12H22O3. The highest BCUT2D eigenvalue weighted by molar-refractivity contribution is 5.04. The van der Waals surface area contributed by atoms with E-state index in [1.807, 2.05) is 0 Å². The summed E-state index contributed by atoms with van der Waals surface area (Å²) in [5, 5.41) is 17.7. The second kappa shape index (κ2) is 11.5. The van der Waals surface area contributed by atoms with Crippen molar-refractivity contribution in [3.05, 3.63) is 0 Å². The number of ether oxygens (including phenoxy) is 1. The van der Waals surface area contributed by atoms with Gasteiger partial charge >= 0.3 is 0 Å². The van der Waals surface area contributed by atoms with E-state index in [4.69, 9.17) is 9.84 Å². The zero-order valence-corrected chi connectivity index (χ0v) is 9.54. The van der Waals surface area contributed by atoms with Gasteiger partial charge in [-0.15, -0.1) is 5.92 Å². The van der Waals surface area contributed by atoms with Crippen molar-refractivity contribution >= 4 is 0 Å². The van der Waals surface area contributed by atoms with Crippen molar-refractivity contribution in [3.8, 4) is 11.8 Å². The Bertz CT molecular complexity index is 181. The molecule has 0 fully saturated rings. The van der Waals surface area contributed by atoms with Gasteiger partial charge in [0.05, 0.1) is 19.8 Å². The number of hydrogen-bond donors (Lipinski definition) is 2. The highest BCUT2D eigenvalue weighted by Crippen LogP contribution is 2.00. The maximum atomic E-state index is 9.30. The van der Waals surface area contributed by atoms with Crippen LogP contribution in [0.1, 0.15) is 39.0 Å². The quantitative estimate of drug-likeness (QED) is 0.473. The van der Waals surface area contributed by atoms with Crippen LogP contribution >= 0.6 is 0 Å². The minimum atomic E-state index is -0.720. The van der Waals surface area contributed by atoms with E-state index in [0.29, 0.717) is 0 Å². The number of aliphatic hydroxyl groups excluding tert-OH is 2. The lowest BCUT2D eigenvalue weighted by atomic mass is 10.1. The summed E-state index contributed by atoms with van der Waals surface area (Å²) in [6, 6.07) is 0. The molecule has 3 nitrogen and oxygen atoms in total. The van der Waals surface area contributed by atoms with E-state index in [1.165, 1.54) is 19.3 Å². The second-order valence-electron chi connectivity index (χ2n) is 3.45. The first-order valence-corrected chi connectivity index (χ1v) is 5.66. The van der Waals surface area contributed by atoms with E-state index in [-0.39, 0.29) is 19.8 Å². The summed E-state index contributed by atoms with van der Waals surface area (Å²) in [4.78, 5) is 0. The maximum Gasteiger partial charge on any atom is 0.137 e. The van der Waals surface area contributed by atoms with E-state index < -0.39 is 6.10 Å². The molecule has 0 aliphatic rings. The molecule has 3 heteroatoms. The highest BCUT2D eigenvalue weighted by atomic mass is 16.5. The smallest absolute Gasteiger partial charge is 0.137 e. The summed E-state index contributed by atoms with van der Waals surface area (Å²) in [5.74, 6) is 5.65. The first-order chi connectivity index (χ1) is 7.31. The number of hydrogen-bond acceptors (Lipinski definition) is 3. The highest BCUT2D eigenvalue weighted by Gasteiger charge is 1.97. The van der Waals surface area contributed by atoms with E-state index in [2.05, 4.69) is 18.8 Å². The Hall–Kier alpha value is -0.560.